The van der Waals surface area contributed by atoms with Crippen molar-refractivity contribution in [1.82, 2.24) is 0 Å². The van der Waals surface area contributed by atoms with Crippen LogP contribution in [-0.2, 0) is 0 Å². The molecule has 0 amide bonds. The second-order valence-electron chi connectivity index (χ2n) is 4.85. The molecule has 0 fully saturated rings. The summed E-state index contributed by atoms with van der Waals surface area (Å²) in [7, 11) is -1.30. The van der Waals surface area contributed by atoms with Gasteiger partial charge in [-0.05, 0) is 24.3 Å². The largest absolute Gasteiger partial charge is 0.395 e. The van der Waals surface area contributed by atoms with E-state index >= 15 is 0 Å². The van der Waals surface area contributed by atoms with Gasteiger partial charge in [0.25, 0.3) is 0 Å². The van der Waals surface area contributed by atoms with Gasteiger partial charge in [-0.2, -0.15) is 0 Å². The second-order valence-corrected chi connectivity index (χ2v) is 9.60. The van der Waals surface area contributed by atoms with E-state index in [0.29, 0.717) is 6.42 Å². The first kappa shape index (κ1) is 13.6. The normalized spacial score (nSPS) is 9.88. The lowest BCUT2D eigenvalue weighted by atomic mass is 10.1. The van der Waals surface area contributed by atoms with E-state index in [0.717, 1.165) is 11.1 Å². The molecule has 0 aliphatic heterocycles. The number of aliphatic hydroxyl groups is 1. The predicted molar refractivity (Wildman–Crippen MR) is 75.2 cm³/mol. The maximum Gasteiger partial charge on any atom is 0.129 e. The first-order valence-electron chi connectivity index (χ1n) is 5.74. The van der Waals surface area contributed by atoms with Crippen molar-refractivity contribution < 1.29 is 5.11 Å². The van der Waals surface area contributed by atoms with Gasteiger partial charge in [0.05, 0.1) is 6.61 Å². The van der Waals surface area contributed by atoms with Gasteiger partial charge in [0.15, 0.2) is 0 Å². The summed E-state index contributed by atoms with van der Waals surface area (Å²) in [5.41, 5.74) is 5.34. The molecule has 2 heteroatoms. The van der Waals surface area contributed by atoms with E-state index in [4.69, 9.17) is 5.11 Å². The highest BCUT2D eigenvalue weighted by Crippen LogP contribution is 2.03. The molecule has 1 N–H and O–H groups in total. The van der Waals surface area contributed by atoms with Gasteiger partial charge in [-0.25, -0.2) is 0 Å². The molecular formula is C15H18OSi. The third kappa shape index (κ3) is 5.97. The topological polar surface area (TPSA) is 20.2 Å². The molecule has 0 aromatic heterocycles. The highest BCUT2D eigenvalue weighted by Gasteiger charge is 2.07. The summed E-state index contributed by atoms with van der Waals surface area (Å²) in [6.07, 6.45) is 0.525. The molecule has 1 nitrogen and oxygen atoms in total. The van der Waals surface area contributed by atoms with Crippen LogP contribution in [0.1, 0.15) is 17.5 Å². The Hall–Kier alpha value is -1.48. The zero-order chi connectivity index (χ0) is 12.7. The minimum atomic E-state index is -1.30. The van der Waals surface area contributed by atoms with Crippen LogP contribution in [0.15, 0.2) is 24.3 Å². The van der Waals surface area contributed by atoms with Gasteiger partial charge in [0.1, 0.15) is 8.07 Å². The van der Waals surface area contributed by atoms with Crippen molar-refractivity contribution in [2.24, 2.45) is 0 Å². The minimum Gasteiger partial charge on any atom is -0.395 e. The van der Waals surface area contributed by atoms with Crippen molar-refractivity contribution in [3.05, 3.63) is 35.4 Å². The van der Waals surface area contributed by atoms with Crippen molar-refractivity contribution in [3.63, 3.8) is 0 Å². The van der Waals surface area contributed by atoms with E-state index in [-0.39, 0.29) is 6.61 Å². The van der Waals surface area contributed by atoms with Crippen LogP contribution >= 0.6 is 0 Å². The van der Waals surface area contributed by atoms with E-state index in [1.807, 2.05) is 24.3 Å². The predicted octanol–water partition coefficient (Wildman–Crippen LogP) is 2.65. The number of hydrogen-bond donors (Lipinski definition) is 1. The number of benzene rings is 1. The number of aliphatic hydroxyl groups excluding tert-OH is 1. The van der Waals surface area contributed by atoms with Crippen LogP contribution in [0.25, 0.3) is 0 Å². The lowest BCUT2D eigenvalue weighted by Gasteiger charge is -2.03. The number of rotatable bonds is 1. The molecule has 1 aromatic rings. The molecule has 0 bridgehead atoms. The van der Waals surface area contributed by atoms with Gasteiger partial charge in [-0.3, -0.25) is 0 Å². The monoisotopic (exact) mass is 242 g/mol. The molecule has 88 valence electrons. The smallest absolute Gasteiger partial charge is 0.129 e. The Labute approximate surface area is 105 Å². The van der Waals surface area contributed by atoms with E-state index < -0.39 is 8.07 Å². The molecule has 0 heterocycles. The summed E-state index contributed by atoms with van der Waals surface area (Å²) in [5, 5.41) is 8.62. The second kappa shape index (κ2) is 6.30. The molecule has 0 saturated carbocycles. The van der Waals surface area contributed by atoms with Crippen LogP contribution in [0.2, 0.25) is 19.6 Å². The van der Waals surface area contributed by atoms with Gasteiger partial charge in [-0.1, -0.05) is 37.4 Å². The third-order valence-electron chi connectivity index (χ3n) is 1.94. The third-order valence-corrected chi connectivity index (χ3v) is 2.81. The Bertz CT molecular complexity index is 472. The Morgan fingerprint density at radius 2 is 1.53 bits per heavy atom. The van der Waals surface area contributed by atoms with Gasteiger partial charge >= 0.3 is 0 Å². The van der Waals surface area contributed by atoms with E-state index in [9.17, 15) is 0 Å². The first-order valence-corrected chi connectivity index (χ1v) is 9.24. The van der Waals surface area contributed by atoms with Crippen LogP contribution < -0.4 is 0 Å². The number of hydrogen-bond acceptors (Lipinski definition) is 1. The summed E-state index contributed by atoms with van der Waals surface area (Å²) >= 11 is 0. The molecule has 0 saturated heterocycles. The molecule has 1 rings (SSSR count). The lowest BCUT2D eigenvalue weighted by molar-refractivity contribution is 0.305. The summed E-state index contributed by atoms with van der Waals surface area (Å²) in [5.74, 6) is 9.10. The van der Waals surface area contributed by atoms with Crippen LogP contribution in [-0.4, -0.2) is 19.8 Å². The van der Waals surface area contributed by atoms with Crippen molar-refractivity contribution in [3.8, 4) is 23.3 Å². The fourth-order valence-electron chi connectivity index (χ4n) is 1.12. The van der Waals surface area contributed by atoms with E-state index in [1.54, 1.807) is 0 Å². The molecule has 0 aliphatic carbocycles. The van der Waals surface area contributed by atoms with Crippen LogP contribution in [0, 0.1) is 23.3 Å². The molecular weight excluding hydrogens is 224 g/mol. The maximum absolute atomic E-state index is 8.62. The Morgan fingerprint density at radius 1 is 1.00 bits per heavy atom. The molecule has 0 unspecified atom stereocenters. The van der Waals surface area contributed by atoms with Crippen LogP contribution in [0.3, 0.4) is 0 Å². The van der Waals surface area contributed by atoms with E-state index in [2.05, 4.69) is 42.9 Å². The maximum atomic E-state index is 8.62. The molecule has 0 radical (unpaired) electrons. The Morgan fingerprint density at radius 3 is 2.00 bits per heavy atom. The zero-order valence-electron chi connectivity index (χ0n) is 10.7. The Balaban J connectivity index is 2.75. The highest BCUT2D eigenvalue weighted by molar-refractivity contribution is 6.83. The fourth-order valence-corrected chi connectivity index (χ4v) is 1.64. The highest BCUT2D eigenvalue weighted by atomic mass is 28.3. The first-order chi connectivity index (χ1) is 8.01. The summed E-state index contributed by atoms with van der Waals surface area (Å²) in [4.78, 5) is 0. The summed E-state index contributed by atoms with van der Waals surface area (Å²) in [6, 6.07) is 7.93. The van der Waals surface area contributed by atoms with Crippen molar-refractivity contribution >= 4 is 8.07 Å². The Kier molecular flexibility index (Phi) is 5.03. The van der Waals surface area contributed by atoms with Gasteiger partial charge in [-0.15, -0.1) is 5.54 Å². The average Bonchev–Trinajstić information content (AvgIpc) is 2.27. The molecule has 0 aliphatic rings. The van der Waals surface area contributed by atoms with Crippen LogP contribution in [0.5, 0.6) is 0 Å². The minimum absolute atomic E-state index is 0.118. The van der Waals surface area contributed by atoms with Gasteiger partial charge in [0, 0.05) is 17.5 Å². The average molecular weight is 242 g/mol. The fraction of sp³-hybridized carbons (Fsp3) is 0.333. The van der Waals surface area contributed by atoms with Crippen molar-refractivity contribution in [1.29, 1.82) is 0 Å². The molecule has 0 atom stereocenters. The molecule has 17 heavy (non-hydrogen) atoms. The zero-order valence-corrected chi connectivity index (χ0v) is 11.7. The van der Waals surface area contributed by atoms with Crippen LogP contribution in [0.4, 0.5) is 0 Å². The lowest BCUT2D eigenvalue weighted by Crippen LogP contribution is -2.16. The van der Waals surface area contributed by atoms with Crippen molar-refractivity contribution in [2.45, 2.75) is 26.1 Å². The standard InChI is InChI=1S/C15H18OSi/c1-17(2,3)13-11-15-9-7-14(8-10-15)6-4-5-12-16/h7-10,16H,5,12H2,1-3H3. The summed E-state index contributed by atoms with van der Waals surface area (Å²) < 4.78 is 0. The van der Waals surface area contributed by atoms with Gasteiger partial charge in [0.2, 0.25) is 0 Å². The van der Waals surface area contributed by atoms with Crippen molar-refractivity contribution in [2.75, 3.05) is 6.61 Å². The quantitative estimate of drug-likeness (QED) is 0.593. The molecule has 0 spiro atoms. The molecule has 1 aromatic carbocycles. The van der Waals surface area contributed by atoms with E-state index in [1.165, 1.54) is 0 Å². The summed E-state index contributed by atoms with van der Waals surface area (Å²) in [6.45, 7) is 6.81. The SMILES string of the molecule is C[Si](C)(C)C#Cc1ccc(C#CCCO)cc1. The van der Waals surface area contributed by atoms with Gasteiger partial charge < -0.3 is 5.11 Å².